The molecule has 30 heavy (non-hydrogen) atoms. The van der Waals surface area contributed by atoms with E-state index >= 15 is 0 Å². The average molecular weight is 425 g/mol. The molecule has 7 heteroatoms. The van der Waals surface area contributed by atoms with Crippen LogP contribution in [0.3, 0.4) is 0 Å². The van der Waals surface area contributed by atoms with Gasteiger partial charge in [-0.3, -0.25) is 9.59 Å². The molecule has 0 aliphatic heterocycles. The molecule has 0 radical (unpaired) electrons. The van der Waals surface area contributed by atoms with Crippen molar-refractivity contribution in [3.05, 3.63) is 29.8 Å². The fourth-order valence-electron chi connectivity index (χ4n) is 2.91. The summed E-state index contributed by atoms with van der Waals surface area (Å²) in [5.74, 6) is -3.15. The Kier molecular flexibility index (Phi) is 8.87. The van der Waals surface area contributed by atoms with E-state index in [9.17, 15) is 9.59 Å². The van der Waals surface area contributed by atoms with Gasteiger partial charge in [0.15, 0.2) is 5.92 Å². The second-order valence-electron chi connectivity index (χ2n) is 9.87. The van der Waals surface area contributed by atoms with Crippen LogP contribution in [0, 0.1) is 12.8 Å². The second kappa shape index (κ2) is 10.3. The molecule has 0 saturated heterocycles. The van der Waals surface area contributed by atoms with E-state index in [4.69, 9.17) is 19.7 Å². The van der Waals surface area contributed by atoms with Crippen LogP contribution in [0.5, 0.6) is 5.75 Å². The van der Waals surface area contributed by atoms with Gasteiger partial charge in [-0.25, -0.2) is 0 Å². The average Bonchev–Trinajstić information content (AvgIpc) is 2.60. The Hall–Kier alpha value is -2.12. The maximum Gasteiger partial charge on any atom is 0.318 e. The number of carbonyl (C=O) groups is 2. The summed E-state index contributed by atoms with van der Waals surface area (Å²) in [5, 5.41) is 18.1. The number of nitrogens with zero attached hydrogens (tertiary/aromatic N) is 1. The molecule has 0 saturated carbocycles. The van der Waals surface area contributed by atoms with E-state index in [-0.39, 0.29) is 6.42 Å². The van der Waals surface area contributed by atoms with Gasteiger partial charge < -0.3 is 24.2 Å². The number of aryl methyl sites for hydroxylation is 1. The van der Waals surface area contributed by atoms with Crippen molar-refractivity contribution in [2.45, 2.75) is 58.7 Å². The highest BCUT2D eigenvalue weighted by Gasteiger charge is 2.31. The molecule has 1 aromatic rings. The normalized spacial score (nSPS) is 12.8. The molecule has 0 fully saturated rings. The number of hydrogen-bond acceptors (Lipinski definition) is 4. The first-order valence-corrected chi connectivity index (χ1v) is 10.3. The Morgan fingerprint density at radius 1 is 0.967 bits per heavy atom. The van der Waals surface area contributed by atoms with Crippen molar-refractivity contribution in [3.8, 4) is 5.75 Å². The van der Waals surface area contributed by atoms with E-state index in [1.807, 2.05) is 73.0 Å². The monoisotopic (exact) mass is 424 g/mol. The van der Waals surface area contributed by atoms with Crippen LogP contribution in [0.1, 0.15) is 46.1 Å². The third-order valence-corrected chi connectivity index (χ3v) is 5.16. The van der Waals surface area contributed by atoms with Gasteiger partial charge in [-0.15, -0.1) is 0 Å². The molecular weight excluding hydrogens is 386 g/mol. The highest BCUT2D eigenvalue weighted by molar-refractivity contribution is 5.92. The van der Waals surface area contributed by atoms with Crippen LogP contribution in [0.25, 0.3) is 0 Å². The summed E-state index contributed by atoms with van der Waals surface area (Å²) in [6, 6.07) is 7.92. The van der Waals surface area contributed by atoms with Crippen molar-refractivity contribution in [3.63, 3.8) is 0 Å². The van der Waals surface area contributed by atoms with E-state index in [0.717, 1.165) is 18.7 Å². The summed E-state index contributed by atoms with van der Waals surface area (Å²) in [7, 11) is 3.95. The van der Waals surface area contributed by atoms with E-state index in [0.29, 0.717) is 17.6 Å². The maximum absolute atomic E-state index is 11.1. The van der Waals surface area contributed by atoms with E-state index < -0.39 is 29.1 Å². The van der Waals surface area contributed by atoms with Crippen LogP contribution in [-0.2, 0) is 14.3 Å². The third-order valence-electron chi connectivity index (χ3n) is 5.16. The van der Waals surface area contributed by atoms with Gasteiger partial charge in [0, 0.05) is 12.8 Å². The van der Waals surface area contributed by atoms with Crippen molar-refractivity contribution >= 4 is 11.9 Å². The Morgan fingerprint density at radius 3 is 2.00 bits per heavy atom. The smallest absolute Gasteiger partial charge is 0.318 e. The lowest BCUT2D eigenvalue weighted by Gasteiger charge is -2.36. The number of aliphatic carboxylic acids is 2. The predicted molar refractivity (Wildman–Crippen MR) is 116 cm³/mol. The predicted octanol–water partition coefficient (Wildman–Crippen LogP) is 3.59. The van der Waals surface area contributed by atoms with Gasteiger partial charge in [0.1, 0.15) is 11.4 Å². The first-order valence-electron chi connectivity index (χ1n) is 10.3. The van der Waals surface area contributed by atoms with Crippen molar-refractivity contribution in [2.24, 2.45) is 5.92 Å². The molecule has 0 unspecified atom stereocenters. The lowest BCUT2D eigenvalue weighted by Crippen LogP contribution is -2.46. The lowest BCUT2D eigenvalue weighted by molar-refractivity contribution is -0.891. The summed E-state index contributed by atoms with van der Waals surface area (Å²) >= 11 is 0. The molecule has 0 bridgehead atoms. The van der Waals surface area contributed by atoms with Crippen LogP contribution in [0.4, 0.5) is 0 Å². The van der Waals surface area contributed by atoms with E-state index in [2.05, 4.69) is 0 Å². The number of carboxylic acids is 2. The minimum Gasteiger partial charge on any atom is -0.485 e. The summed E-state index contributed by atoms with van der Waals surface area (Å²) in [5.41, 5.74) is 0.284. The van der Waals surface area contributed by atoms with Crippen molar-refractivity contribution in [1.29, 1.82) is 0 Å². The standard InChI is InChI=1S/C23H37NO6/c1-17-8-10-18(11-9-17)30-23(4,5)16-29-22(2,3)13-15-24(6,7)14-12-19(20(25)26)21(27)28/h8-11,19H,12-16H2,1-7H3,(H-,25,26,27,28)/p+1. The Labute approximate surface area is 180 Å². The van der Waals surface area contributed by atoms with Gasteiger partial charge in [-0.05, 0) is 46.8 Å². The van der Waals surface area contributed by atoms with Gasteiger partial charge in [0.05, 0.1) is 39.4 Å². The number of quaternary nitrogens is 1. The molecule has 0 heterocycles. The summed E-state index contributed by atoms with van der Waals surface area (Å²) < 4.78 is 12.8. The zero-order valence-corrected chi connectivity index (χ0v) is 19.4. The molecule has 2 N–H and O–H groups in total. The fourth-order valence-corrected chi connectivity index (χ4v) is 2.91. The molecule has 0 aliphatic carbocycles. The Bertz CT molecular complexity index is 695. The van der Waals surface area contributed by atoms with Gasteiger partial charge >= 0.3 is 11.9 Å². The molecule has 7 nitrogen and oxygen atoms in total. The highest BCUT2D eigenvalue weighted by atomic mass is 16.6. The van der Waals surface area contributed by atoms with Crippen LogP contribution in [0.15, 0.2) is 24.3 Å². The number of benzene rings is 1. The van der Waals surface area contributed by atoms with E-state index in [1.165, 1.54) is 5.56 Å². The Balaban J connectivity index is 2.54. The van der Waals surface area contributed by atoms with Crippen molar-refractivity contribution in [1.82, 2.24) is 0 Å². The topological polar surface area (TPSA) is 93.1 Å². The molecule has 0 amide bonds. The SMILES string of the molecule is Cc1ccc(OC(C)(C)COC(C)(C)CC[N+](C)(C)CCC(C(=O)O)C(=O)O)cc1. The molecule has 0 aromatic heterocycles. The Morgan fingerprint density at radius 2 is 1.50 bits per heavy atom. The fraction of sp³-hybridized carbons (Fsp3) is 0.652. The van der Waals surface area contributed by atoms with E-state index in [1.54, 1.807) is 0 Å². The summed E-state index contributed by atoms with van der Waals surface area (Å²) in [4.78, 5) is 22.2. The molecule has 0 atom stereocenters. The van der Waals surface area contributed by atoms with Gasteiger partial charge in [0.25, 0.3) is 0 Å². The molecule has 1 rings (SSSR count). The van der Waals surface area contributed by atoms with Gasteiger partial charge in [0.2, 0.25) is 0 Å². The highest BCUT2D eigenvalue weighted by Crippen LogP contribution is 2.23. The molecule has 0 spiro atoms. The second-order valence-corrected chi connectivity index (χ2v) is 9.87. The first kappa shape index (κ1) is 25.9. The van der Waals surface area contributed by atoms with Crippen LogP contribution in [0.2, 0.25) is 0 Å². The minimum absolute atomic E-state index is 0.0936. The molecule has 0 aliphatic rings. The van der Waals surface area contributed by atoms with Gasteiger partial charge in [-0.2, -0.15) is 0 Å². The van der Waals surface area contributed by atoms with Crippen molar-refractivity contribution in [2.75, 3.05) is 33.8 Å². The zero-order valence-electron chi connectivity index (χ0n) is 19.4. The molecular formula is C23H38NO6+. The largest absolute Gasteiger partial charge is 0.485 e. The van der Waals surface area contributed by atoms with Crippen LogP contribution in [-0.4, -0.2) is 71.6 Å². The van der Waals surface area contributed by atoms with Crippen LogP contribution >= 0.6 is 0 Å². The third kappa shape index (κ3) is 9.59. The zero-order chi connectivity index (χ0) is 23.2. The van der Waals surface area contributed by atoms with Gasteiger partial charge in [-0.1, -0.05) is 17.7 Å². The summed E-state index contributed by atoms with van der Waals surface area (Å²) in [6.45, 7) is 11.7. The molecule has 170 valence electrons. The maximum atomic E-state index is 11.1. The summed E-state index contributed by atoms with van der Waals surface area (Å²) in [6.07, 6.45) is 0.835. The minimum atomic E-state index is -1.37. The first-order chi connectivity index (χ1) is 13.6. The lowest BCUT2D eigenvalue weighted by atomic mass is 10.0. The quantitative estimate of drug-likeness (QED) is 0.371. The number of hydrogen-bond donors (Lipinski definition) is 2. The number of rotatable bonds is 13. The molecule has 1 aromatic carbocycles. The van der Waals surface area contributed by atoms with Crippen molar-refractivity contribution < 1.29 is 33.8 Å². The number of carboxylic acid groups (broad SMARTS) is 2. The van der Waals surface area contributed by atoms with Crippen LogP contribution < -0.4 is 4.74 Å². The number of ether oxygens (including phenoxy) is 2.